The molecule has 4 aliphatic rings. The molecule has 190 valence electrons. The lowest BCUT2D eigenvalue weighted by molar-refractivity contribution is -0.162. The van der Waals surface area contributed by atoms with E-state index in [9.17, 15) is 9.59 Å². The standard InChI is InChI=1S/C31H42O4/c1-5-28(21-9-7-6-8-10-21)35-29(33)27-14-13-25-24-12-11-22-19-23(34-20(2)32)15-17-30(22,3)26(24)16-18-31(25,27)4/h6-10,19,23-28H,5,11-18H2,1-4H3/t23-,24-,25-,26-,27+,28+,30-,31-/m0/s1. The quantitative estimate of drug-likeness (QED) is 0.332. The first-order valence-corrected chi connectivity index (χ1v) is 13.9. The van der Waals surface area contributed by atoms with Crippen molar-refractivity contribution in [3.63, 3.8) is 0 Å². The van der Waals surface area contributed by atoms with Crippen molar-refractivity contribution < 1.29 is 19.1 Å². The second kappa shape index (κ2) is 9.41. The van der Waals surface area contributed by atoms with Gasteiger partial charge in [0.25, 0.3) is 0 Å². The van der Waals surface area contributed by atoms with E-state index in [-0.39, 0.29) is 40.9 Å². The van der Waals surface area contributed by atoms with Crippen LogP contribution in [0.25, 0.3) is 0 Å². The van der Waals surface area contributed by atoms with Crippen LogP contribution in [0.15, 0.2) is 42.0 Å². The predicted molar refractivity (Wildman–Crippen MR) is 136 cm³/mol. The highest BCUT2D eigenvalue weighted by atomic mass is 16.5. The predicted octanol–water partition coefficient (Wildman–Crippen LogP) is 7.19. The van der Waals surface area contributed by atoms with Crippen LogP contribution in [0.3, 0.4) is 0 Å². The van der Waals surface area contributed by atoms with Gasteiger partial charge >= 0.3 is 11.9 Å². The number of hydrogen-bond donors (Lipinski definition) is 0. The van der Waals surface area contributed by atoms with Crippen molar-refractivity contribution in [2.24, 2.45) is 34.5 Å². The van der Waals surface area contributed by atoms with Gasteiger partial charge in [-0.05, 0) is 98.0 Å². The summed E-state index contributed by atoms with van der Waals surface area (Å²) in [5, 5.41) is 0. The zero-order valence-corrected chi connectivity index (χ0v) is 21.9. The summed E-state index contributed by atoms with van der Waals surface area (Å²) in [5.74, 6) is 1.79. The minimum absolute atomic E-state index is 0.00987. The zero-order chi connectivity index (χ0) is 24.8. The fraction of sp³-hybridized carbons (Fsp3) is 0.677. The summed E-state index contributed by atoms with van der Waals surface area (Å²) in [6.07, 6.45) is 11.6. The molecule has 35 heavy (non-hydrogen) atoms. The summed E-state index contributed by atoms with van der Waals surface area (Å²) in [7, 11) is 0. The van der Waals surface area contributed by atoms with Crippen molar-refractivity contribution in [1.82, 2.24) is 0 Å². The molecule has 3 fully saturated rings. The lowest BCUT2D eigenvalue weighted by Crippen LogP contribution is -2.51. The SMILES string of the molecule is CC[C@@H](OC(=O)[C@H]1CC[C@H]2[C@@H]3CCC4=C[C@@H](OC(C)=O)CC[C@]4(C)[C@H]3CC[C@]12C)c1ccccc1. The fourth-order valence-corrected chi connectivity index (χ4v) is 8.67. The van der Waals surface area contributed by atoms with Crippen molar-refractivity contribution in [1.29, 1.82) is 0 Å². The first-order chi connectivity index (χ1) is 16.8. The Balaban J connectivity index is 1.31. The Labute approximate surface area is 210 Å². The molecule has 3 saturated carbocycles. The second-order valence-corrected chi connectivity index (χ2v) is 12.1. The van der Waals surface area contributed by atoms with Gasteiger partial charge in [-0.15, -0.1) is 0 Å². The highest BCUT2D eigenvalue weighted by Crippen LogP contribution is 2.67. The number of benzene rings is 1. The number of carbonyl (C=O) groups is 2. The van der Waals surface area contributed by atoms with Crippen LogP contribution in [0.5, 0.6) is 0 Å². The van der Waals surface area contributed by atoms with Crippen LogP contribution in [0.1, 0.15) is 97.1 Å². The van der Waals surface area contributed by atoms with E-state index in [4.69, 9.17) is 9.47 Å². The molecule has 0 radical (unpaired) electrons. The third-order valence-corrected chi connectivity index (χ3v) is 10.5. The summed E-state index contributed by atoms with van der Waals surface area (Å²) < 4.78 is 11.7. The molecule has 0 amide bonds. The van der Waals surface area contributed by atoms with Gasteiger partial charge in [-0.2, -0.15) is 0 Å². The van der Waals surface area contributed by atoms with Gasteiger partial charge in [-0.25, -0.2) is 0 Å². The molecule has 0 aromatic heterocycles. The molecule has 4 heteroatoms. The molecule has 0 aliphatic heterocycles. The Kier molecular flexibility index (Phi) is 6.61. The molecule has 1 aromatic carbocycles. The third-order valence-electron chi connectivity index (χ3n) is 10.5. The topological polar surface area (TPSA) is 52.6 Å². The van der Waals surface area contributed by atoms with E-state index in [0.29, 0.717) is 17.8 Å². The maximum absolute atomic E-state index is 13.6. The van der Waals surface area contributed by atoms with Crippen LogP contribution in [0, 0.1) is 34.5 Å². The Morgan fingerprint density at radius 2 is 1.77 bits per heavy atom. The van der Waals surface area contributed by atoms with Crippen molar-refractivity contribution in [2.75, 3.05) is 0 Å². The number of esters is 2. The van der Waals surface area contributed by atoms with Crippen LogP contribution in [0.2, 0.25) is 0 Å². The zero-order valence-electron chi connectivity index (χ0n) is 21.9. The summed E-state index contributed by atoms with van der Waals surface area (Å²) in [6, 6.07) is 10.2. The average Bonchev–Trinajstić information content (AvgIpc) is 3.20. The molecule has 0 N–H and O–H groups in total. The molecule has 4 aliphatic carbocycles. The molecular formula is C31H42O4. The van der Waals surface area contributed by atoms with E-state index in [1.807, 2.05) is 18.2 Å². The summed E-state index contributed by atoms with van der Waals surface area (Å²) in [4.78, 5) is 25.1. The van der Waals surface area contributed by atoms with Gasteiger partial charge in [0.15, 0.2) is 0 Å². The van der Waals surface area contributed by atoms with Crippen LogP contribution in [-0.2, 0) is 19.1 Å². The van der Waals surface area contributed by atoms with E-state index < -0.39 is 0 Å². The molecule has 0 spiro atoms. The molecule has 0 bridgehead atoms. The number of rotatable bonds is 5. The van der Waals surface area contributed by atoms with Gasteiger partial charge in [-0.1, -0.05) is 56.7 Å². The minimum atomic E-state index is -0.181. The van der Waals surface area contributed by atoms with Crippen LogP contribution < -0.4 is 0 Å². The summed E-state index contributed by atoms with van der Waals surface area (Å²) in [6.45, 7) is 8.46. The molecule has 1 aromatic rings. The summed E-state index contributed by atoms with van der Waals surface area (Å²) >= 11 is 0. The normalized spacial score (nSPS) is 38.9. The first-order valence-electron chi connectivity index (χ1n) is 13.9. The van der Waals surface area contributed by atoms with Crippen molar-refractivity contribution in [3.05, 3.63) is 47.5 Å². The molecule has 5 rings (SSSR count). The van der Waals surface area contributed by atoms with Crippen molar-refractivity contribution in [2.45, 2.75) is 97.7 Å². The Bertz CT molecular complexity index is 983. The van der Waals surface area contributed by atoms with Crippen LogP contribution in [-0.4, -0.2) is 18.0 Å². The van der Waals surface area contributed by atoms with E-state index in [1.165, 1.54) is 25.3 Å². The van der Waals surface area contributed by atoms with E-state index in [1.54, 1.807) is 0 Å². The fourth-order valence-electron chi connectivity index (χ4n) is 8.67. The number of allylic oxidation sites excluding steroid dienone is 1. The molecule has 4 nitrogen and oxygen atoms in total. The van der Waals surface area contributed by atoms with Gasteiger partial charge in [0, 0.05) is 6.92 Å². The maximum Gasteiger partial charge on any atom is 0.310 e. The van der Waals surface area contributed by atoms with Gasteiger partial charge < -0.3 is 9.47 Å². The maximum atomic E-state index is 13.6. The van der Waals surface area contributed by atoms with Gasteiger partial charge in [0.1, 0.15) is 12.2 Å². The minimum Gasteiger partial charge on any atom is -0.458 e. The highest BCUT2D eigenvalue weighted by Gasteiger charge is 2.60. The molecular weight excluding hydrogens is 436 g/mol. The van der Waals surface area contributed by atoms with Gasteiger partial charge in [0.05, 0.1) is 5.92 Å². The van der Waals surface area contributed by atoms with E-state index in [0.717, 1.165) is 50.5 Å². The van der Waals surface area contributed by atoms with Crippen molar-refractivity contribution >= 4 is 11.9 Å². The van der Waals surface area contributed by atoms with E-state index in [2.05, 4.69) is 39.0 Å². The average molecular weight is 479 g/mol. The number of ether oxygens (including phenoxy) is 2. The van der Waals surface area contributed by atoms with Crippen LogP contribution in [0.4, 0.5) is 0 Å². The van der Waals surface area contributed by atoms with E-state index >= 15 is 0 Å². The monoisotopic (exact) mass is 478 g/mol. The largest absolute Gasteiger partial charge is 0.458 e. The summed E-state index contributed by atoms with van der Waals surface area (Å²) in [5.41, 5.74) is 2.86. The lowest BCUT2D eigenvalue weighted by atomic mass is 9.47. The highest BCUT2D eigenvalue weighted by molar-refractivity contribution is 5.74. The molecule has 0 unspecified atom stereocenters. The second-order valence-electron chi connectivity index (χ2n) is 12.1. The first kappa shape index (κ1) is 24.6. The van der Waals surface area contributed by atoms with Gasteiger partial charge in [-0.3, -0.25) is 9.59 Å². The smallest absolute Gasteiger partial charge is 0.310 e. The van der Waals surface area contributed by atoms with Gasteiger partial charge in [0.2, 0.25) is 0 Å². The van der Waals surface area contributed by atoms with Crippen molar-refractivity contribution in [3.8, 4) is 0 Å². The number of hydrogen-bond acceptors (Lipinski definition) is 4. The third kappa shape index (κ3) is 4.25. The molecule has 0 saturated heterocycles. The van der Waals surface area contributed by atoms with Crippen LogP contribution >= 0.6 is 0 Å². The number of fused-ring (bicyclic) bond motifs is 5. The Morgan fingerprint density at radius 1 is 1.00 bits per heavy atom. The number of carbonyl (C=O) groups excluding carboxylic acids is 2. The molecule has 0 heterocycles. The Hall–Kier alpha value is -2.10. The Morgan fingerprint density at radius 3 is 2.49 bits per heavy atom. The molecule has 8 atom stereocenters. The lowest BCUT2D eigenvalue weighted by Gasteiger charge is -2.58.